The minimum Gasteiger partial charge on any atom is -0.492 e. The summed E-state index contributed by atoms with van der Waals surface area (Å²) in [5, 5.41) is 3.33. The summed E-state index contributed by atoms with van der Waals surface area (Å²) in [6.07, 6.45) is 1.40. The van der Waals surface area contributed by atoms with Gasteiger partial charge in [-0.15, -0.1) is 0 Å². The molecule has 2 unspecified atom stereocenters. The summed E-state index contributed by atoms with van der Waals surface area (Å²) in [6.45, 7) is 9.11. The SMILES string of the molecule is CCCOc1ccc(NC(=O)C2(N)CC(OCC)C2(C)C)cc1Cl. The van der Waals surface area contributed by atoms with Crippen molar-refractivity contribution in [1.82, 2.24) is 0 Å². The monoisotopic (exact) mass is 354 g/mol. The van der Waals surface area contributed by atoms with Gasteiger partial charge in [-0.1, -0.05) is 32.4 Å². The first-order valence-corrected chi connectivity index (χ1v) is 8.78. The van der Waals surface area contributed by atoms with Gasteiger partial charge in [-0.2, -0.15) is 0 Å². The number of benzene rings is 1. The molecule has 1 saturated carbocycles. The van der Waals surface area contributed by atoms with E-state index in [1.807, 2.05) is 27.7 Å². The molecule has 1 aliphatic rings. The predicted octanol–water partition coefficient (Wildman–Crippen LogP) is 3.60. The van der Waals surface area contributed by atoms with Crippen molar-refractivity contribution >= 4 is 23.2 Å². The Hall–Kier alpha value is -1.30. The zero-order valence-electron chi connectivity index (χ0n) is 14.8. The maximum absolute atomic E-state index is 12.7. The van der Waals surface area contributed by atoms with Gasteiger partial charge in [0.05, 0.1) is 17.7 Å². The molecule has 2 rings (SSSR count). The van der Waals surface area contributed by atoms with E-state index in [0.29, 0.717) is 36.1 Å². The van der Waals surface area contributed by atoms with E-state index in [4.69, 9.17) is 26.8 Å². The molecule has 1 fully saturated rings. The van der Waals surface area contributed by atoms with Crippen LogP contribution in [0.4, 0.5) is 5.69 Å². The van der Waals surface area contributed by atoms with E-state index in [-0.39, 0.29) is 12.0 Å². The van der Waals surface area contributed by atoms with Gasteiger partial charge >= 0.3 is 0 Å². The summed E-state index contributed by atoms with van der Waals surface area (Å²) in [4.78, 5) is 12.7. The lowest BCUT2D eigenvalue weighted by Gasteiger charge is -2.57. The third-order valence-electron chi connectivity index (χ3n) is 4.89. The molecule has 3 N–H and O–H groups in total. The van der Waals surface area contributed by atoms with E-state index < -0.39 is 11.0 Å². The van der Waals surface area contributed by atoms with Crippen molar-refractivity contribution in [1.29, 1.82) is 0 Å². The van der Waals surface area contributed by atoms with Gasteiger partial charge < -0.3 is 20.5 Å². The number of nitrogens with one attached hydrogen (secondary N) is 1. The minimum absolute atomic E-state index is 0.00772. The van der Waals surface area contributed by atoms with Crippen LogP contribution in [-0.2, 0) is 9.53 Å². The van der Waals surface area contributed by atoms with Crippen LogP contribution in [0.2, 0.25) is 5.02 Å². The van der Waals surface area contributed by atoms with E-state index in [1.54, 1.807) is 18.2 Å². The van der Waals surface area contributed by atoms with E-state index >= 15 is 0 Å². The zero-order chi connectivity index (χ0) is 18.0. The maximum atomic E-state index is 12.7. The van der Waals surface area contributed by atoms with Gasteiger partial charge in [0.25, 0.3) is 0 Å². The van der Waals surface area contributed by atoms with E-state index in [0.717, 1.165) is 6.42 Å². The fraction of sp³-hybridized carbons (Fsp3) is 0.611. The Morgan fingerprint density at radius 3 is 2.67 bits per heavy atom. The van der Waals surface area contributed by atoms with Crippen molar-refractivity contribution < 1.29 is 14.3 Å². The third kappa shape index (κ3) is 3.39. The largest absolute Gasteiger partial charge is 0.492 e. The number of amides is 1. The Bertz CT molecular complexity index is 606. The number of carbonyl (C=O) groups is 1. The summed E-state index contributed by atoms with van der Waals surface area (Å²) in [6, 6.07) is 5.20. The average Bonchev–Trinajstić information content (AvgIpc) is 2.53. The lowest BCUT2D eigenvalue weighted by atomic mass is 9.54. The molecule has 1 aromatic rings. The second kappa shape index (κ2) is 7.30. The Balaban J connectivity index is 2.06. The van der Waals surface area contributed by atoms with Crippen LogP contribution in [0.1, 0.15) is 40.5 Å². The maximum Gasteiger partial charge on any atom is 0.245 e. The molecule has 0 aromatic heterocycles. The van der Waals surface area contributed by atoms with Crippen LogP contribution in [0.5, 0.6) is 5.75 Å². The van der Waals surface area contributed by atoms with Crippen LogP contribution in [0.25, 0.3) is 0 Å². The first-order chi connectivity index (χ1) is 11.3. The van der Waals surface area contributed by atoms with Crippen molar-refractivity contribution in [2.75, 3.05) is 18.5 Å². The molecule has 0 saturated heterocycles. The molecule has 0 bridgehead atoms. The number of halogens is 1. The molecule has 2 atom stereocenters. The topological polar surface area (TPSA) is 73.6 Å². The van der Waals surface area contributed by atoms with Crippen LogP contribution < -0.4 is 15.8 Å². The van der Waals surface area contributed by atoms with Crippen molar-refractivity contribution in [3.05, 3.63) is 23.2 Å². The molecule has 0 aliphatic heterocycles. The fourth-order valence-electron chi connectivity index (χ4n) is 2.97. The van der Waals surface area contributed by atoms with Gasteiger partial charge in [0.1, 0.15) is 11.3 Å². The molecule has 0 spiro atoms. The summed E-state index contributed by atoms with van der Waals surface area (Å²) in [7, 11) is 0. The first-order valence-electron chi connectivity index (χ1n) is 8.40. The van der Waals surface area contributed by atoms with Crippen LogP contribution in [0.3, 0.4) is 0 Å². The predicted molar refractivity (Wildman–Crippen MR) is 96.6 cm³/mol. The highest BCUT2D eigenvalue weighted by atomic mass is 35.5. The Kier molecular flexibility index (Phi) is 5.78. The van der Waals surface area contributed by atoms with Crippen LogP contribution >= 0.6 is 11.6 Å². The molecule has 24 heavy (non-hydrogen) atoms. The van der Waals surface area contributed by atoms with Gasteiger partial charge in [0.15, 0.2) is 0 Å². The van der Waals surface area contributed by atoms with Crippen molar-refractivity contribution in [3.8, 4) is 5.75 Å². The normalized spacial score (nSPS) is 25.0. The smallest absolute Gasteiger partial charge is 0.245 e. The van der Waals surface area contributed by atoms with Gasteiger partial charge in [0, 0.05) is 24.1 Å². The van der Waals surface area contributed by atoms with Gasteiger partial charge in [0.2, 0.25) is 5.91 Å². The standard InChI is InChI=1S/C18H27ClN2O3/c1-5-9-24-14-8-7-12(10-13(14)19)21-16(22)18(20)11-15(23-6-2)17(18,3)4/h7-8,10,15H,5-6,9,11,20H2,1-4H3,(H,21,22). The average molecular weight is 355 g/mol. The molecule has 0 heterocycles. The van der Waals surface area contributed by atoms with E-state index in [1.165, 1.54) is 0 Å². The molecular weight excluding hydrogens is 328 g/mol. The highest BCUT2D eigenvalue weighted by Crippen LogP contribution is 2.50. The van der Waals surface area contributed by atoms with E-state index in [9.17, 15) is 4.79 Å². The minimum atomic E-state index is -0.962. The molecule has 1 amide bonds. The fourth-order valence-corrected chi connectivity index (χ4v) is 3.21. The molecule has 1 aliphatic carbocycles. The number of hydrogen-bond donors (Lipinski definition) is 2. The van der Waals surface area contributed by atoms with Crippen molar-refractivity contribution in [2.45, 2.75) is 52.2 Å². The highest BCUT2D eigenvalue weighted by molar-refractivity contribution is 6.32. The van der Waals surface area contributed by atoms with E-state index in [2.05, 4.69) is 5.32 Å². The summed E-state index contributed by atoms with van der Waals surface area (Å²) >= 11 is 6.20. The number of hydrogen-bond acceptors (Lipinski definition) is 4. The number of rotatable bonds is 7. The Labute approximate surface area is 148 Å². The lowest BCUT2D eigenvalue weighted by molar-refractivity contribution is -0.166. The number of ether oxygens (including phenoxy) is 2. The molecule has 1 aromatic carbocycles. The Morgan fingerprint density at radius 2 is 2.12 bits per heavy atom. The second-order valence-electron chi connectivity index (χ2n) is 6.79. The van der Waals surface area contributed by atoms with Crippen LogP contribution in [-0.4, -0.2) is 30.8 Å². The first kappa shape index (κ1) is 19.0. The van der Waals surface area contributed by atoms with Crippen molar-refractivity contribution in [2.24, 2.45) is 11.1 Å². The molecule has 134 valence electrons. The number of nitrogens with two attached hydrogens (primary N) is 1. The van der Waals surface area contributed by atoms with Crippen molar-refractivity contribution in [3.63, 3.8) is 0 Å². The number of carbonyl (C=O) groups excluding carboxylic acids is 1. The number of anilines is 1. The van der Waals surface area contributed by atoms with Gasteiger partial charge in [-0.3, -0.25) is 4.79 Å². The lowest BCUT2D eigenvalue weighted by Crippen LogP contribution is -2.74. The Morgan fingerprint density at radius 1 is 1.42 bits per heavy atom. The zero-order valence-corrected chi connectivity index (χ0v) is 15.6. The summed E-state index contributed by atoms with van der Waals surface area (Å²) < 4.78 is 11.2. The second-order valence-corrected chi connectivity index (χ2v) is 7.20. The highest BCUT2D eigenvalue weighted by Gasteiger charge is 2.62. The van der Waals surface area contributed by atoms with Crippen LogP contribution in [0, 0.1) is 5.41 Å². The van der Waals surface area contributed by atoms with Gasteiger partial charge in [-0.05, 0) is 31.5 Å². The third-order valence-corrected chi connectivity index (χ3v) is 5.18. The van der Waals surface area contributed by atoms with Crippen LogP contribution in [0.15, 0.2) is 18.2 Å². The quantitative estimate of drug-likeness (QED) is 0.784. The summed E-state index contributed by atoms with van der Waals surface area (Å²) in [5.74, 6) is 0.390. The molecule has 0 radical (unpaired) electrons. The molecule has 5 nitrogen and oxygen atoms in total. The molecule has 6 heteroatoms. The van der Waals surface area contributed by atoms with Gasteiger partial charge in [-0.25, -0.2) is 0 Å². The summed E-state index contributed by atoms with van der Waals surface area (Å²) in [5.41, 5.74) is 5.59. The molecular formula is C18H27ClN2O3.